The lowest BCUT2D eigenvalue weighted by Gasteiger charge is -2.28. The second-order valence-corrected chi connectivity index (χ2v) is 12.9. The van der Waals surface area contributed by atoms with Gasteiger partial charge in [0.2, 0.25) is 5.91 Å². The molecule has 5 heteroatoms. The third-order valence-corrected chi connectivity index (χ3v) is 8.45. The number of carbonyl (C=O) groups is 1. The normalized spacial score (nSPS) is 16.4. The van der Waals surface area contributed by atoms with Gasteiger partial charge in [-0.15, -0.1) is 0 Å². The molecule has 0 fully saturated rings. The number of allylic oxidation sites excluding steroid dienone is 1. The second kappa shape index (κ2) is 18.2. The number of hydrogen-bond donors (Lipinski definition) is 0. The van der Waals surface area contributed by atoms with E-state index in [1.165, 1.54) is 81.8 Å². The summed E-state index contributed by atoms with van der Waals surface area (Å²) in [4.78, 5) is 18.9. The van der Waals surface area contributed by atoms with E-state index in [9.17, 15) is 4.79 Å². The molecule has 1 amide bonds. The smallest absolute Gasteiger partial charge is 0.224 e. The number of rotatable bonds is 19. The predicted molar refractivity (Wildman–Crippen MR) is 180 cm³/mol. The summed E-state index contributed by atoms with van der Waals surface area (Å²) in [5.41, 5.74) is 4.33. The van der Waals surface area contributed by atoms with Crippen molar-refractivity contribution in [1.29, 1.82) is 0 Å². The van der Waals surface area contributed by atoms with Crippen LogP contribution in [0.5, 0.6) is 5.75 Å². The number of carbonyl (C=O) groups excluding carboxylic acids is 1. The quantitative estimate of drug-likeness (QED) is 0.152. The van der Waals surface area contributed by atoms with E-state index in [0.717, 1.165) is 30.6 Å². The Morgan fingerprint density at radius 3 is 2.07 bits per heavy atom. The maximum absolute atomic E-state index is 12.6. The van der Waals surface area contributed by atoms with Gasteiger partial charge in [-0.3, -0.25) is 9.79 Å². The van der Waals surface area contributed by atoms with E-state index in [1.807, 2.05) is 36.5 Å². The van der Waals surface area contributed by atoms with Crippen molar-refractivity contribution in [2.75, 3.05) is 18.1 Å². The van der Waals surface area contributed by atoms with E-state index in [1.54, 1.807) is 11.8 Å². The molecule has 230 valence electrons. The van der Waals surface area contributed by atoms with Gasteiger partial charge in [0.15, 0.2) is 0 Å². The maximum atomic E-state index is 12.6. The van der Waals surface area contributed by atoms with Crippen molar-refractivity contribution in [2.24, 2.45) is 10.4 Å². The Labute approximate surface area is 260 Å². The minimum atomic E-state index is -0.00156. The highest BCUT2D eigenvalue weighted by Gasteiger charge is 2.24. The van der Waals surface area contributed by atoms with Gasteiger partial charge in [0.05, 0.1) is 18.2 Å². The zero-order chi connectivity index (χ0) is 30.2. The fraction of sp³-hybridized carbons (Fsp3) is 0.568. The van der Waals surface area contributed by atoms with E-state index in [0.29, 0.717) is 23.9 Å². The summed E-state index contributed by atoms with van der Waals surface area (Å²) in [6.07, 6.45) is 21.1. The highest BCUT2D eigenvalue weighted by Crippen LogP contribution is 2.31. The number of halogens is 1. The third-order valence-electron chi connectivity index (χ3n) is 8.15. The highest BCUT2D eigenvalue weighted by molar-refractivity contribution is 6.32. The number of ether oxygens (including phenoxy) is 1. The maximum Gasteiger partial charge on any atom is 0.224 e. The predicted octanol–water partition coefficient (Wildman–Crippen LogP) is 10.6. The molecule has 1 aliphatic rings. The van der Waals surface area contributed by atoms with Gasteiger partial charge in [-0.05, 0) is 60.7 Å². The van der Waals surface area contributed by atoms with Crippen molar-refractivity contribution in [1.82, 2.24) is 0 Å². The van der Waals surface area contributed by atoms with Gasteiger partial charge >= 0.3 is 0 Å². The number of anilines is 1. The van der Waals surface area contributed by atoms with Gasteiger partial charge in [0.25, 0.3) is 0 Å². The van der Waals surface area contributed by atoms with Crippen molar-refractivity contribution in [2.45, 2.75) is 118 Å². The number of nitrogens with zero attached hydrogens (tertiary/aromatic N) is 2. The fourth-order valence-corrected chi connectivity index (χ4v) is 6.11. The molecule has 42 heavy (non-hydrogen) atoms. The zero-order valence-electron chi connectivity index (χ0n) is 26.6. The van der Waals surface area contributed by atoms with Crippen LogP contribution in [0.1, 0.15) is 116 Å². The van der Waals surface area contributed by atoms with Crippen LogP contribution in [0.25, 0.3) is 0 Å². The molecule has 0 N–H and O–H groups in total. The van der Waals surface area contributed by atoms with E-state index in [2.05, 4.69) is 44.0 Å². The molecule has 0 saturated carbocycles. The molecule has 1 heterocycles. The van der Waals surface area contributed by atoms with Crippen molar-refractivity contribution in [3.63, 3.8) is 0 Å². The molecular formula is C37H53ClN2O2. The number of aliphatic imine (C=N–C) groups is 1. The molecule has 0 aliphatic carbocycles. The third kappa shape index (κ3) is 12.0. The van der Waals surface area contributed by atoms with Gasteiger partial charge in [-0.2, -0.15) is 0 Å². The minimum absolute atomic E-state index is 0.00156. The van der Waals surface area contributed by atoms with E-state index < -0.39 is 0 Å². The number of hydrogen-bond acceptors (Lipinski definition) is 3. The fourth-order valence-electron chi connectivity index (χ4n) is 5.85. The van der Waals surface area contributed by atoms with Crippen LogP contribution in [0.2, 0.25) is 5.02 Å². The molecule has 2 aromatic rings. The van der Waals surface area contributed by atoms with Crippen LogP contribution in [0.3, 0.4) is 0 Å². The van der Waals surface area contributed by atoms with Gasteiger partial charge in [-0.25, -0.2) is 0 Å². The summed E-state index contributed by atoms with van der Waals surface area (Å²) in [7, 11) is 0. The SMILES string of the molecule is CCCCCCCCCCCCCCOc1ccc(CN(C(C)=O)c2ccc(CC3(C)C=C(C)C=NC3)cc2)cc1Cl. The van der Waals surface area contributed by atoms with Crippen LogP contribution in [0, 0.1) is 5.41 Å². The monoisotopic (exact) mass is 592 g/mol. The first-order chi connectivity index (χ1) is 20.3. The Kier molecular flexibility index (Phi) is 14.7. The summed E-state index contributed by atoms with van der Waals surface area (Å²) in [5, 5.41) is 0.594. The lowest BCUT2D eigenvalue weighted by Crippen LogP contribution is -2.28. The molecule has 3 rings (SSSR count). The topological polar surface area (TPSA) is 41.9 Å². The lowest BCUT2D eigenvalue weighted by atomic mass is 9.81. The average molecular weight is 593 g/mol. The van der Waals surface area contributed by atoms with E-state index in [-0.39, 0.29) is 11.3 Å². The van der Waals surface area contributed by atoms with Crippen LogP contribution in [-0.2, 0) is 17.8 Å². The number of dihydropyridines is 1. The van der Waals surface area contributed by atoms with Crippen molar-refractivity contribution in [3.05, 3.63) is 70.3 Å². The van der Waals surface area contributed by atoms with Crippen molar-refractivity contribution < 1.29 is 9.53 Å². The molecule has 0 saturated heterocycles. The minimum Gasteiger partial charge on any atom is -0.492 e. The highest BCUT2D eigenvalue weighted by atomic mass is 35.5. The Bertz CT molecular complexity index is 1160. The number of amides is 1. The van der Waals surface area contributed by atoms with Crippen molar-refractivity contribution in [3.8, 4) is 5.75 Å². The summed E-state index contributed by atoms with van der Waals surface area (Å²) < 4.78 is 5.99. The van der Waals surface area contributed by atoms with E-state index >= 15 is 0 Å². The summed E-state index contributed by atoms with van der Waals surface area (Å²) in [6.45, 7) is 10.2. The summed E-state index contributed by atoms with van der Waals surface area (Å²) in [5.74, 6) is 0.713. The van der Waals surface area contributed by atoms with Gasteiger partial charge in [0, 0.05) is 30.8 Å². The van der Waals surface area contributed by atoms with Crippen LogP contribution in [0.15, 0.2) is 59.1 Å². The molecule has 4 nitrogen and oxygen atoms in total. The molecule has 0 radical (unpaired) electrons. The van der Waals surface area contributed by atoms with E-state index in [4.69, 9.17) is 16.3 Å². The standard InChI is InChI=1S/C37H53ClN2O2/c1-5-6-7-8-9-10-11-12-13-14-15-16-23-42-36-22-19-33(24-35(36)38)28-40(31(3)41)34-20-17-32(18-21-34)26-37(4)25-30(2)27-39-29-37/h17-22,24-25,27H,5-16,23,26,28-29H2,1-4H3. The van der Waals surface area contributed by atoms with Gasteiger partial charge in [-0.1, -0.05) is 120 Å². The van der Waals surface area contributed by atoms with Gasteiger partial charge in [0.1, 0.15) is 5.75 Å². The molecular weight excluding hydrogens is 540 g/mol. The molecule has 2 aromatic carbocycles. The molecule has 1 aliphatic heterocycles. The van der Waals surface area contributed by atoms with Crippen LogP contribution < -0.4 is 9.64 Å². The first kappa shape index (κ1) is 33.9. The number of unbranched alkanes of at least 4 members (excludes halogenated alkanes) is 11. The molecule has 0 spiro atoms. The Hall–Kier alpha value is -2.59. The average Bonchev–Trinajstić information content (AvgIpc) is 2.95. The Morgan fingerprint density at radius 2 is 1.50 bits per heavy atom. The van der Waals surface area contributed by atoms with Crippen molar-refractivity contribution >= 4 is 29.4 Å². The molecule has 1 atom stereocenters. The zero-order valence-corrected chi connectivity index (χ0v) is 27.4. The first-order valence-corrected chi connectivity index (χ1v) is 16.6. The Morgan fingerprint density at radius 1 is 0.905 bits per heavy atom. The molecule has 0 bridgehead atoms. The molecule has 1 unspecified atom stereocenters. The van der Waals surface area contributed by atoms with Crippen LogP contribution in [0.4, 0.5) is 5.69 Å². The lowest BCUT2D eigenvalue weighted by molar-refractivity contribution is -0.116. The largest absolute Gasteiger partial charge is 0.492 e. The molecule has 0 aromatic heterocycles. The number of benzene rings is 2. The first-order valence-electron chi connectivity index (χ1n) is 16.3. The summed E-state index contributed by atoms with van der Waals surface area (Å²) >= 11 is 6.58. The van der Waals surface area contributed by atoms with Gasteiger partial charge < -0.3 is 9.64 Å². The Balaban J connectivity index is 1.40. The second-order valence-electron chi connectivity index (χ2n) is 12.5. The van der Waals surface area contributed by atoms with Crippen LogP contribution in [-0.4, -0.2) is 25.3 Å². The summed E-state index contributed by atoms with van der Waals surface area (Å²) in [6, 6.07) is 14.2. The van der Waals surface area contributed by atoms with Crippen LogP contribution >= 0.6 is 11.6 Å².